The van der Waals surface area contributed by atoms with Gasteiger partial charge in [0.2, 0.25) is 11.3 Å². The number of likely N-dealkylation sites (tertiary alicyclic amines) is 1. The number of H-pyrrole nitrogens is 1. The number of hydrogen-bond donors (Lipinski definition) is 2. The molecule has 3 aromatic carbocycles. The van der Waals surface area contributed by atoms with Crippen LogP contribution in [-0.4, -0.2) is 58.2 Å². The second-order valence-electron chi connectivity index (χ2n) is 11.3. The van der Waals surface area contributed by atoms with Gasteiger partial charge in [0.15, 0.2) is 11.5 Å². The Kier molecular flexibility index (Phi) is 8.61. The molecule has 0 spiro atoms. The molecule has 1 aliphatic rings. The van der Waals surface area contributed by atoms with Gasteiger partial charge in [-0.1, -0.05) is 12.1 Å². The fourth-order valence-electron chi connectivity index (χ4n) is 5.83. The van der Waals surface area contributed by atoms with Crippen LogP contribution in [0.1, 0.15) is 19.3 Å². The molecule has 1 aliphatic heterocycles. The van der Waals surface area contributed by atoms with Crippen molar-refractivity contribution in [1.82, 2.24) is 24.8 Å². The van der Waals surface area contributed by atoms with E-state index >= 15 is 0 Å². The van der Waals surface area contributed by atoms with Crippen LogP contribution in [0, 0.1) is 5.82 Å². The Morgan fingerprint density at radius 1 is 0.957 bits per heavy atom. The monoisotopic (exact) mass is 632 g/mol. The Bertz CT molecular complexity index is 2080. The van der Waals surface area contributed by atoms with Crippen molar-refractivity contribution in [2.45, 2.75) is 19.3 Å². The van der Waals surface area contributed by atoms with Gasteiger partial charge in [0.1, 0.15) is 23.7 Å². The number of nitrogens with zero attached hydrogens (tertiary/aromatic N) is 4. The maximum Gasteiger partial charge on any atom is 0.230 e. The molecule has 0 unspecified atom stereocenters. The lowest BCUT2D eigenvalue weighted by Gasteiger charge is -2.16. The fourth-order valence-corrected chi connectivity index (χ4v) is 5.83. The van der Waals surface area contributed by atoms with Crippen LogP contribution in [0.25, 0.3) is 32.9 Å². The van der Waals surface area contributed by atoms with Gasteiger partial charge < -0.3 is 29.4 Å². The SMILES string of the molecule is COc1cc2c(Oc3ccc(Nc4nccc5[nH]cc(-c6ccc(F)cc6)c(=O)c45)cc3)ncnc2cc1OCCCN1CCCC1. The number of anilines is 2. The summed E-state index contributed by atoms with van der Waals surface area (Å²) in [6, 6.07) is 18.5. The average molecular weight is 633 g/mol. The number of benzene rings is 3. The van der Waals surface area contributed by atoms with E-state index in [1.165, 1.54) is 44.4 Å². The predicted octanol–water partition coefficient (Wildman–Crippen LogP) is 7.08. The third-order valence-electron chi connectivity index (χ3n) is 8.24. The summed E-state index contributed by atoms with van der Waals surface area (Å²) in [6.45, 7) is 3.95. The second-order valence-corrected chi connectivity index (χ2v) is 11.3. The van der Waals surface area contributed by atoms with Crippen LogP contribution in [0.5, 0.6) is 23.1 Å². The van der Waals surface area contributed by atoms with Gasteiger partial charge in [-0.25, -0.2) is 19.3 Å². The number of fused-ring (bicyclic) bond motifs is 2. The smallest absolute Gasteiger partial charge is 0.230 e. The van der Waals surface area contributed by atoms with Gasteiger partial charge in [0, 0.05) is 36.3 Å². The highest BCUT2D eigenvalue weighted by Crippen LogP contribution is 2.36. The molecule has 0 atom stereocenters. The molecule has 0 bridgehead atoms. The number of hydrogen-bond acceptors (Lipinski definition) is 9. The van der Waals surface area contributed by atoms with Crippen molar-refractivity contribution in [3.63, 3.8) is 0 Å². The van der Waals surface area contributed by atoms with Crippen LogP contribution in [0.15, 0.2) is 90.2 Å². The first-order chi connectivity index (χ1) is 23.1. The zero-order chi connectivity index (χ0) is 32.2. The number of pyridine rings is 2. The quantitative estimate of drug-likeness (QED) is 0.145. The van der Waals surface area contributed by atoms with Crippen molar-refractivity contribution in [2.24, 2.45) is 0 Å². The fraction of sp³-hybridized carbons (Fsp3) is 0.222. The lowest BCUT2D eigenvalue weighted by molar-refractivity contribution is 0.254. The average Bonchev–Trinajstić information content (AvgIpc) is 3.62. The Balaban J connectivity index is 1.08. The highest BCUT2D eigenvalue weighted by Gasteiger charge is 2.16. The van der Waals surface area contributed by atoms with E-state index in [9.17, 15) is 9.18 Å². The summed E-state index contributed by atoms with van der Waals surface area (Å²) in [4.78, 5) is 32.4. The van der Waals surface area contributed by atoms with E-state index in [1.54, 1.807) is 49.8 Å². The highest BCUT2D eigenvalue weighted by molar-refractivity contribution is 5.93. The maximum atomic E-state index is 13.5. The molecular formula is C36H33FN6O4. The molecule has 10 nitrogen and oxygen atoms in total. The Labute approximate surface area is 270 Å². The summed E-state index contributed by atoms with van der Waals surface area (Å²) in [5.74, 6) is 2.17. The summed E-state index contributed by atoms with van der Waals surface area (Å²) < 4.78 is 31.4. The number of aromatic nitrogens is 4. The van der Waals surface area contributed by atoms with Gasteiger partial charge in [-0.15, -0.1) is 0 Å². The van der Waals surface area contributed by atoms with Gasteiger partial charge in [-0.3, -0.25) is 4.79 Å². The molecule has 1 fully saturated rings. The standard InChI is InChI=1S/C36H33FN6O4/c1-45-31-19-27-30(20-32(31)46-18-4-17-43-15-2-3-16-43)40-22-41-36(27)47-26-11-9-25(10-12-26)42-35-33-29(13-14-38-35)39-21-28(34(33)44)23-5-7-24(37)8-6-23/h5-14,19-22H,2-4,15-18H2,1H3,(H,38,42)(H,39,44). The van der Waals surface area contributed by atoms with Crippen molar-refractivity contribution >= 4 is 33.3 Å². The van der Waals surface area contributed by atoms with E-state index in [2.05, 4.69) is 30.2 Å². The largest absolute Gasteiger partial charge is 0.493 e. The molecule has 11 heteroatoms. The summed E-state index contributed by atoms with van der Waals surface area (Å²) in [6.07, 6.45) is 8.20. The first-order valence-corrected chi connectivity index (χ1v) is 15.5. The molecule has 1 saturated heterocycles. The normalized spacial score (nSPS) is 13.2. The molecule has 238 valence electrons. The molecular weight excluding hydrogens is 599 g/mol. The molecule has 2 N–H and O–H groups in total. The molecule has 0 saturated carbocycles. The lowest BCUT2D eigenvalue weighted by atomic mass is 10.0. The second kappa shape index (κ2) is 13.4. The van der Waals surface area contributed by atoms with Gasteiger partial charge in [-0.2, -0.15) is 0 Å². The molecule has 0 radical (unpaired) electrons. The van der Waals surface area contributed by atoms with Gasteiger partial charge in [0.25, 0.3) is 0 Å². The van der Waals surface area contributed by atoms with Crippen LogP contribution in [0.2, 0.25) is 0 Å². The van der Waals surface area contributed by atoms with Crippen molar-refractivity contribution in [2.75, 3.05) is 38.7 Å². The highest BCUT2D eigenvalue weighted by atomic mass is 19.1. The van der Waals surface area contributed by atoms with E-state index in [1.807, 2.05) is 24.3 Å². The van der Waals surface area contributed by atoms with Crippen molar-refractivity contribution in [3.05, 3.63) is 101 Å². The van der Waals surface area contributed by atoms with Crippen LogP contribution in [-0.2, 0) is 0 Å². The van der Waals surface area contributed by atoms with E-state index < -0.39 is 0 Å². The number of methoxy groups -OCH3 is 1. The van der Waals surface area contributed by atoms with Gasteiger partial charge >= 0.3 is 0 Å². The number of aromatic amines is 1. The molecule has 0 amide bonds. The summed E-state index contributed by atoms with van der Waals surface area (Å²) in [7, 11) is 1.61. The zero-order valence-electron chi connectivity index (χ0n) is 25.8. The number of halogens is 1. The minimum absolute atomic E-state index is 0.220. The zero-order valence-corrected chi connectivity index (χ0v) is 25.8. The van der Waals surface area contributed by atoms with Crippen LogP contribution >= 0.6 is 0 Å². The third kappa shape index (κ3) is 6.56. The maximum absolute atomic E-state index is 13.5. The molecule has 0 aliphatic carbocycles. The van der Waals surface area contributed by atoms with E-state index in [0.717, 1.165) is 13.0 Å². The Hall–Kier alpha value is -5.55. The third-order valence-corrected chi connectivity index (χ3v) is 8.24. The first kappa shape index (κ1) is 30.1. The number of ether oxygens (including phenoxy) is 3. The Morgan fingerprint density at radius 2 is 1.77 bits per heavy atom. The van der Waals surface area contributed by atoms with Crippen molar-refractivity contribution in [3.8, 4) is 34.3 Å². The summed E-state index contributed by atoms with van der Waals surface area (Å²) in [5.41, 5.74) is 2.81. The molecule has 6 aromatic rings. The van der Waals surface area contributed by atoms with Crippen LogP contribution < -0.4 is 25.0 Å². The minimum Gasteiger partial charge on any atom is -0.493 e. The lowest BCUT2D eigenvalue weighted by Crippen LogP contribution is -2.21. The van der Waals surface area contributed by atoms with Gasteiger partial charge in [0.05, 0.1) is 35.5 Å². The van der Waals surface area contributed by atoms with Crippen molar-refractivity contribution in [1.29, 1.82) is 0 Å². The molecule has 3 aromatic heterocycles. The number of nitrogens with one attached hydrogen (secondary N) is 2. The molecule has 47 heavy (non-hydrogen) atoms. The van der Waals surface area contributed by atoms with Gasteiger partial charge in [-0.05, 0) is 86.4 Å². The summed E-state index contributed by atoms with van der Waals surface area (Å²) in [5, 5.41) is 4.33. The van der Waals surface area contributed by atoms with Crippen LogP contribution in [0.3, 0.4) is 0 Å². The predicted molar refractivity (Wildman–Crippen MR) is 179 cm³/mol. The number of rotatable bonds is 11. The van der Waals surface area contributed by atoms with E-state index in [4.69, 9.17) is 14.2 Å². The van der Waals surface area contributed by atoms with E-state index in [-0.39, 0.29) is 11.2 Å². The Morgan fingerprint density at radius 3 is 2.55 bits per heavy atom. The van der Waals surface area contributed by atoms with Crippen molar-refractivity contribution < 1.29 is 18.6 Å². The first-order valence-electron chi connectivity index (χ1n) is 15.5. The summed E-state index contributed by atoms with van der Waals surface area (Å²) >= 11 is 0. The van der Waals surface area contributed by atoms with E-state index in [0.29, 0.717) is 74.2 Å². The molecule has 7 rings (SSSR count). The van der Waals surface area contributed by atoms with Crippen LogP contribution in [0.4, 0.5) is 15.9 Å². The topological polar surface area (TPSA) is 114 Å². The minimum atomic E-state index is -0.368. The molecule has 4 heterocycles.